The SMILES string of the molecule is C=CC[C@@H]1C=C(C(=O)OCC)C(n2cc3n(c2=O)CCC3)=CC1. The Morgan fingerprint density at radius 2 is 2.35 bits per heavy atom. The largest absolute Gasteiger partial charge is 0.462 e. The summed E-state index contributed by atoms with van der Waals surface area (Å²) in [6.45, 7) is 6.62. The van der Waals surface area contributed by atoms with Crippen molar-refractivity contribution in [3.63, 3.8) is 0 Å². The highest BCUT2D eigenvalue weighted by molar-refractivity contribution is 6.02. The van der Waals surface area contributed by atoms with Crippen molar-refractivity contribution in [2.24, 2.45) is 5.92 Å². The fourth-order valence-corrected chi connectivity index (χ4v) is 3.31. The molecule has 5 nitrogen and oxygen atoms in total. The van der Waals surface area contributed by atoms with Gasteiger partial charge in [-0.2, -0.15) is 0 Å². The van der Waals surface area contributed by atoms with E-state index in [1.807, 2.05) is 24.4 Å². The third-order valence-electron chi connectivity index (χ3n) is 4.39. The minimum atomic E-state index is -0.370. The third-order valence-corrected chi connectivity index (χ3v) is 4.39. The van der Waals surface area contributed by atoms with Crippen LogP contribution in [0.4, 0.5) is 0 Å². The predicted molar refractivity (Wildman–Crippen MR) is 88.9 cm³/mol. The first-order chi connectivity index (χ1) is 11.2. The molecule has 0 amide bonds. The van der Waals surface area contributed by atoms with Gasteiger partial charge in [0.05, 0.1) is 17.9 Å². The summed E-state index contributed by atoms with van der Waals surface area (Å²) in [5, 5.41) is 0. The average Bonchev–Trinajstić information content (AvgIpc) is 3.11. The molecule has 1 aromatic rings. The summed E-state index contributed by atoms with van der Waals surface area (Å²) >= 11 is 0. The minimum absolute atomic E-state index is 0.0684. The second-order valence-electron chi connectivity index (χ2n) is 5.94. The van der Waals surface area contributed by atoms with E-state index in [1.165, 1.54) is 0 Å². The molecule has 1 atom stereocenters. The maximum absolute atomic E-state index is 12.6. The first-order valence-corrected chi connectivity index (χ1v) is 8.17. The number of fused-ring (bicyclic) bond motifs is 1. The van der Waals surface area contributed by atoms with Gasteiger partial charge >= 0.3 is 11.7 Å². The number of esters is 1. The van der Waals surface area contributed by atoms with Gasteiger partial charge in [-0.3, -0.25) is 9.13 Å². The first-order valence-electron chi connectivity index (χ1n) is 8.17. The van der Waals surface area contributed by atoms with E-state index in [4.69, 9.17) is 4.74 Å². The Balaban J connectivity index is 2.00. The van der Waals surface area contributed by atoms with Gasteiger partial charge in [0, 0.05) is 18.4 Å². The summed E-state index contributed by atoms with van der Waals surface area (Å²) in [5.41, 5.74) is 2.10. The summed E-state index contributed by atoms with van der Waals surface area (Å²) in [6.07, 6.45) is 11.1. The Labute approximate surface area is 135 Å². The van der Waals surface area contributed by atoms with Crippen molar-refractivity contribution in [1.29, 1.82) is 0 Å². The zero-order valence-corrected chi connectivity index (χ0v) is 13.5. The van der Waals surface area contributed by atoms with Gasteiger partial charge in [-0.15, -0.1) is 6.58 Å². The molecule has 5 heteroatoms. The molecule has 0 saturated heterocycles. The van der Waals surface area contributed by atoms with Gasteiger partial charge in [0.2, 0.25) is 0 Å². The molecule has 2 heterocycles. The molecule has 1 aromatic heterocycles. The summed E-state index contributed by atoms with van der Waals surface area (Å²) in [7, 11) is 0. The molecule has 0 spiro atoms. The Morgan fingerprint density at radius 3 is 3.04 bits per heavy atom. The molecule has 0 fully saturated rings. The monoisotopic (exact) mass is 314 g/mol. The van der Waals surface area contributed by atoms with Crippen LogP contribution in [0.2, 0.25) is 0 Å². The van der Waals surface area contributed by atoms with E-state index >= 15 is 0 Å². The van der Waals surface area contributed by atoms with Crippen LogP contribution in [0.1, 0.15) is 31.9 Å². The van der Waals surface area contributed by atoms with Crippen LogP contribution >= 0.6 is 0 Å². The van der Waals surface area contributed by atoms with Crippen molar-refractivity contribution in [2.45, 2.75) is 39.2 Å². The second kappa shape index (κ2) is 6.44. The highest BCUT2D eigenvalue weighted by Gasteiger charge is 2.26. The molecule has 122 valence electrons. The second-order valence-corrected chi connectivity index (χ2v) is 5.94. The number of carbonyl (C=O) groups excluding carboxylic acids is 1. The van der Waals surface area contributed by atoms with Gasteiger partial charge in [0.1, 0.15) is 0 Å². The van der Waals surface area contributed by atoms with Gasteiger partial charge in [-0.05, 0) is 38.5 Å². The molecule has 0 N–H and O–H groups in total. The standard InChI is InChI=1S/C18H22N2O3/c1-3-6-13-8-9-16(15(11-13)17(21)23-4-2)20-12-14-7-5-10-19(14)18(20)22/h3,9,11-13H,1,4-8,10H2,2H3/t13-/m0/s1. The lowest BCUT2D eigenvalue weighted by Gasteiger charge is -2.20. The van der Waals surface area contributed by atoms with Crippen LogP contribution in [0.15, 0.2) is 41.4 Å². The van der Waals surface area contributed by atoms with Crippen LogP contribution in [-0.2, 0) is 22.5 Å². The molecule has 0 unspecified atom stereocenters. The van der Waals surface area contributed by atoms with E-state index < -0.39 is 0 Å². The quantitative estimate of drug-likeness (QED) is 0.620. The number of nitrogens with zero attached hydrogens (tertiary/aromatic N) is 2. The number of allylic oxidation sites excluding steroid dienone is 3. The molecule has 0 aromatic carbocycles. The first kappa shape index (κ1) is 15.6. The summed E-state index contributed by atoms with van der Waals surface area (Å²) < 4.78 is 8.57. The van der Waals surface area contributed by atoms with Crippen molar-refractivity contribution in [2.75, 3.05) is 6.61 Å². The van der Waals surface area contributed by atoms with Crippen LogP contribution < -0.4 is 5.69 Å². The summed E-state index contributed by atoms with van der Waals surface area (Å²) in [6, 6.07) is 0. The van der Waals surface area contributed by atoms with Gasteiger partial charge in [0.25, 0.3) is 0 Å². The Kier molecular flexibility index (Phi) is 4.37. The molecular formula is C18H22N2O3. The van der Waals surface area contributed by atoms with Crippen molar-refractivity contribution >= 4 is 11.7 Å². The zero-order chi connectivity index (χ0) is 16.4. The number of hydrogen-bond donors (Lipinski definition) is 0. The Morgan fingerprint density at radius 1 is 1.52 bits per heavy atom. The maximum atomic E-state index is 12.6. The number of aromatic nitrogens is 2. The Hall–Kier alpha value is -2.30. The van der Waals surface area contributed by atoms with Gasteiger partial charge in [0.15, 0.2) is 0 Å². The van der Waals surface area contributed by atoms with E-state index in [2.05, 4.69) is 6.58 Å². The van der Waals surface area contributed by atoms with E-state index in [0.717, 1.165) is 37.9 Å². The molecule has 23 heavy (non-hydrogen) atoms. The van der Waals surface area contributed by atoms with Crippen LogP contribution in [0.3, 0.4) is 0 Å². The highest BCUT2D eigenvalue weighted by atomic mass is 16.5. The molecule has 0 radical (unpaired) electrons. The third kappa shape index (κ3) is 2.83. The van der Waals surface area contributed by atoms with E-state index in [9.17, 15) is 9.59 Å². The summed E-state index contributed by atoms with van der Waals surface area (Å²) in [5.74, 6) is -0.147. The van der Waals surface area contributed by atoms with E-state index in [1.54, 1.807) is 16.1 Å². The van der Waals surface area contributed by atoms with Crippen LogP contribution in [-0.4, -0.2) is 21.7 Å². The summed E-state index contributed by atoms with van der Waals surface area (Å²) in [4.78, 5) is 24.9. The van der Waals surface area contributed by atoms with Crippen LogP contribution in [0, 0.1) is 5.92 Å². The van der Waals surface area contributed by atoms with Gasteiger partial charge in [-0.1, -0.05) is 18.2 Å². The van der Waals surface area contributed by atoms with Crippen molar-refractivity contribution in [3.05, 3.63) is 52.8 Å². The zero-order valence-electron chi connectivity index (χ0n) is 13.5. The maximum Gasteiger partial charge on any atom is 0.339 e. The fraction of sp³-hybridized carbons (Fsp3) is 0.444. The molecule has 3 rings (SSSR count). The fourth-order valence-electron chi connectivity index (χ4n) is 3.31. The number of carbonyl (C=O) groups is 1. The van der Waals surface area contributed by atoms with Crippen molar-refractivity contribution < 1.29 is 9.53 Å². The van der Waals surface area contributed by atoms with Gasteiger partial charge in [-0.25, -0.2) is 9.59 Å². The number of aryl methyl sites for hydroxylation is 1. The number of ether oxygens (including phenoxy) is 1. The normalized spacial score (nSPS) is 19.8. The number of hydrogen-bond acceptors (Lipinski definition) is 3. The van der Waals surface area contributed by atoms with Crippen molar-refractivity contribution in [3.8, 4) is 0 Å². The lowest BCUT2D eigenvalue weighted by Crippen LogP contribution is -2.26. The minimum Gasteiger partial charge on any atom is -0.462 e. The highest BCUT2D eigenvalue weighted by Crippen LogP contribution is 2.29. The predicted octanol–water partition coefficient (Wildman–Crippen LogP) is 2.52. The average molecular weight is 314 g/mol. The molecule has 0 bridgehead atoms. The molecule has 2 aliphatic rings. The lowest BCUT2D eigenvalue weighted by atomic mass is 9.91. The van der Waals surface area contributed by atoms with Crippen LogP contribution in [0.25, 0.3) is 5.70 Å². The van der Waals surface area contributed by atoms with E-state index in [0.29, 0.717) is 17.9 Å². The molecule has 1 aliphatic heterocycles. The topological polar surface area (TPSA) is 53.2 Å². The number of imidazole rings is 1. The van der Waals surface area contributed by atoms with E-state index in [-0.39, 0.29) is 17.6 Å². The number of rotatable bonds is 5. The Bertz CT molecular complexity index is 749. The lowest BCUT2D eigenvalue weighted by molar-refractivity contribution is -0.138. The van der Waals surface area contributed by atoms with Gasteiger partial charge < -0.3 is 4.74 Å². The molecule has 0 saturated carbocycles. The van der Waals surface area contributed by atoms with Crippen molar-refractivity contribution in [1.82, 2.24) is 9.13 Å². The smallest absolute Gasteiger partial charge is 0.339 e. The molecule has 1 aliphatic carbocycles. The molecular weight excluding hydrogens is 292 g/mol. The van der Waals surface area contributed by atoms with Crippen LogP contribution in [0.5, 0.6) is 0 Å².